The largest absolute Gasteiger partial charge is 0.452 e. The zero-order valence-electron chi connectivity index (χ0n) is 5.31. The van der Waals surface area contributed by atoms with E-state index in [-0.39, 0.29) is 0 Å². The van der Waals surface area contributed by atoms with Gasteiger partial charge in [-0.05, 0) is 18.0 Å². The monoisotopic (exact) mass is 149 g/mol. The van der Waals surface area contributed by atoms with Crippen LogP contribution in [-0.4, -0.2) is 47.8 Å². The zero-order chi connectivity index (χ0) is 7.52. The molecule has 0 N–H and O–H groups in total. The fraction of sp³-hybridized carbons (Fsp3) is 0. The first-order valence-electron chi connectivity index (χ1n) is 2.75. The molecule has 11 heavy (non-hydrogen) atoms. The Hall–Kier alpha value is -1.80. The molecule has 0 amide bonds. The van der Waals surface area contributed by atoms with Crippen molar-refractivity contribution in [1.29, 1.82) is 0 Å². The molecule has 0 aromatic carbocycles. The first-order chi connectivity index (χ1) is 5.45. The van der Waals surface area contributed by atoms with Crippen LogP contribution in [0.25, 0.3) is 0 Å². The highest BCUT2D eigenvalue weighted by molar-refractivity contribution is 6.30. The van der Waals surface area contributed by atoms with Crippen molar-refractivity contribution in [2.45, 2.75) is 0 Å². The molecule has 8 nitrogen and oxygen atoms in total. The lowest BCUT2D eigenvalue weighted by molar-refractivity contribution is 0.787. The van der Waals surface area contributed by atoms with Gasteiger partial charge in [0.25, 0.3) is 0 Å². The smallest absolute Gasteiger partial charge is 0.0928 e. The number of tetrazole rings is 2. The Morgan fingerprint density at radius 2 is 1.45 bits per heavy atom. The van der Waals surface area contributed by atoms with E-state index in [4.69, 9.17) is 0 Å². The minimum Gasteiger partial charge on any atom is -0.452 e. The lowest BCUT2D eigenvalue weighted by atomic mass is 10.2. The van der Waals surface area contributed by atoms with Crippen molar-refractivity contribution in [2.75, 3.05) is 0 Å². The van der Waals surface area contributed by atoms with Gasteiger partial charge in [0.15, 0.2) is 0 Å². The van der Waals surface area contributed by atoms with Crippen LogP contribution in [-0.2, 0) is 0 Å². The molecule has 0 fully saturated rings. The van der Waals surface area contributed by atoms with Gasteiger partial charge in [-0.2, -0.15) is 0 Å². The fourth-order valence-electron chi connectivity index (χ4n) is 0.564. The van der Waals surface area contributed by atoms with Gasteiger partial charge in [0, 0.05) is 0 Å². The summed E-state index contributed by atoms with van der Waals surface area (Å²) in [5.41, 5.74) is 0. The Morgan fingerprint density at radius 3 is 1.82 bits per heavy atom. The normalized spacial score (nSPS) is 10.2. The number of hydrogen-bond donors (Lipinski definition) is 0. The van der Waals surface area contributed by atoms with Gasteiger partial charge in [0.2, 0.25) is 0 Å². The van der Waals surface area contributed by atoms with Gasteiger partial charge >= 0.3 is 0 Å². The molecule has 0 aliphatic rings. The summed E-state index contributed by atoms with van der Waals surface area (Å²) in [7, 11) is 1.53. The number of aromatic nitrogens is 8. The van der Waals surface area contributed by atoms with Crippen LogP contribution in [0.5, 0.6) is 0 Å². The van der Waals surface area contributed by atoms with E-state index in [0.29, 0.717) is 0 Å². The minimum atomic E-state index is 1.39. The molecule has 2 heterocycles. The van der Waals surface area contributed by atoms with Crippen LogP contribution in [0.4, 0.5) is 0 Å². The van der Waals surface area contributed by atoms with Gasteiger partial charge < -0.3 is 9.19 Å². The molecule has 2 aromatic rings. The summed E-state index contributed by atoms with van der Waals surface area (Å²) in [6.45, 7) is 0. The first-order valence-corrected chi connectivity index (χ1v) is 2.75. The molecule has 0 saturated heterocycles. The average Bonchev–Trinajstić information content (AvgIpc) is 2.60. The van der Waals surface area contributed by atoms with Crippen molar-refractivity contribution in [3.8, 4) is 0 Å². The van der Waals surface area contributed by atoms with E-state index < -0.39 is 0 Å². The predicted molar refractivity (Wildman–Crippen MR) is 32.2 cm³/mol. The number of hydrogen-bond acceptors (Lipinski definition) is 6. The molecular formula is C2H2BN8-. The molecule has 9 heteroatoms. The topological polar surface area (TPSA) is 87.2 Å². The van der Waals surface area contributed by atoms with E-state index >= 15 is 0 Å². The summed E-state index contributed by atoms with van der Waals surface area (Å²) in [5, 5.41) is 20.8. The summed E-state index contributed by atoms with van der Waals surface area (Å²) < 4.78 is 2.77. The molecule has 0 aliphatic carbocycles. The highest BCUT2D eigenvalue weighted by Gasteiger charge is 1.81. The van der Waals surface area contributed by atoms with Gasteiger partial charge in [-0.1, -0.05) is 10.4 Å². The van der Waals surface area contributed by atoms with Gasteiger partial charge in [-0.25, -0.2) is 0 Å². The van der Waals surface area contributed by atoms with Gasteiger partial charge in [-0.15, -0.1) is 10.2 Å². The second-order valence-electron chi connectivity index (χ2n) is 1.70. The van der Waals surface area contributed by atoms with E-state index in [9.17, 15) is 0 Å². The molecule has 0 bridgehead atoms. The summed E-state index contributed by atoms with van der Waals surface area (Å²) in [4.78, 5) is 0. The van der Waals surface area contributed by atoms with E-state index in [2.05, 4.69) is 31.1 Å². The van der Waals surface area contributed by atoms with E-state index in [1.165, 1.54) is 29.4 Å². The van der Waals surface area contributed by atoms with Crippen LogP contribution in [0, 0.1) is 0 Å². The van der Waals surface area contributed by atoms with Crippen molar-refractivity contribution in [2.24, 2.45) is 0 Å². The Bertz CT molecular complexity index is 264. The Morgan fingerprint density at radius 1 is 0.909 bits per heavy atom. The van der Waals surface area contributed by atoms with Crippen molar-refractivity contribution in [1.82, 2.24) is 40.2 Å². The molecule has 0 saturated carbocycles. The molecule has 2 radical (unpaired) electrons. The number of rotatable bonds is 2. The fourth-order valence-corrected chi connectivity index (χ4v) is 0.564. The maximum atomic E-state index is 3.57. The Labute approximate surface area is 61.5 Å². The quantitative estimate of drug-likeness (QED) is 0.442. The van der Waals surface area contributed by atoms with E-state index in [0.717, 1.165) is 0 Å². The molecule has 0 aliphatic heterocycles. The van der Waals surface area contributed by atoms with Crippen molar-refractivity contribution >= 4 is 7.55 Å². The molecule has 2 rings (SSSR count). The van der Waals surface area contributed by atoms with Crippen LogP contribution in [0.1, 0.15) is 0 Å². The van der Waals surface area contributed by atoms with Crippen molar-refractivity contribution in [3.05, 3.63) is 12.7 Å². The standard InChI is InChI=1S/C2H2BN8/c1-4-6-8-10(1)3-11-2-5-7-9-11/h1-2H/q-1. The molecule has 54 valence electrons. The van der Waals surface area contributed by atoms with Gasteiger partial charge in [0.1, 0.15) is 0 Å². The molecule has 0 spiro atoms. The van der Waals surface area contributed by atoms with Gasteiger partial charge in [-0.3, -0.25) is 0 Å². The third-order valence-electron chi connectivity index (χ3n) is 0.966. The average molecular weight is 149 g/mol. The zero-order valence-corrected chi connectivity index (χ0v) is 5.31. The van der Waals surface area contributed by atoms with Crippen LogP contribution in [0.2, 0.25) is 0 Å². The number of nitrogens with zero attached hydrogens (tertiary/aromatic N) is 8. The van der Waals surface area contributed by atoms with Crippen LogP contribution < -0.4 is 0 Å². The van der Waals surface area contributed by atoms with Crippen LogP contribution >= 0.6 is 0 Å². The Kier molecular flexibility index (Phi) is 1.32. The highest BCUT2D eigenvalue weighted by atomic mass is 15.6. The molecule has 2 aromatic heterocycles. The SMILES string of the molecule is [B-](n1cnnn1)n1cnnn1. The molecular weight excluding hydrogens is 147 g/mol. The second kappa shape index (κ2) is 2.44. The lowest BCUT2D eigenvalue weighted by Gasteiger charge is -2.11. The van der Waals surface area contributed by atoms with Crippen LogP contribution in [0.3, 0.4) is 0 Å². The maximum absolute atomic E-state index is 3.57. The summed E-state index contributed by atoms with van der Waals surface area (Å²) in [6, 6.07) is 0. The lowest BCUT2D eigenvalue weighted by Crippen LogP contribution is -2.18. The van der Waals surface area contributed by atoms with Crippen LogP contribution in [0.15, 0.2) is 12.7 Å². The van der Waals surface area contributed by atoms with Gasteiger partial charge in [0.05, 0.1) is 12.7 Å². The molecule has 0 unspecified atom stereocenters. The third kappa shape index (κ3) is 1.20. The van der Waals surface area contributed by atoms with E-state index in [1.54, 1.807) is 0 Å². The summed E-state index contributed by atoms with van der Waals surface area (Å²) in [5.74, 6) is 0. The van der Waals surface area contributed by atoms with Crippen molar-refractivity contribution < 1.29 is 0 Å². The molecule has 0 atom stereocenters. The summed E-state index contributed by atoms with van der Waals surface area (Å²) in [6.07, 6.45) is 2.86. The maximum Gasteiger partial charge on any atom is 0.0928 e. The van der Waals surface area contributed by atoms with E-state index in [1.807, 2.05) is 0 Å². The predicted octanol–water partition coefficient (Wildman–Crippen LogP) is -2.41. The summed E-state index contributed by atoms with van der Waals surface area (Å²) >= 11 is 0. The third-order valence-corrected chi connectivity index (χ3v) is 0.966. The van der Waals surface area contributed by atoms with Crippen molar-refractivity contribution in [3.63, 3.8) is 0 Å². The first kappa shape index (κ1) is 5.95. The minimum absolute atomic E-state index is 1.39. The Balaban J connectivity index is 2.14. The highest BCUT2D eigenvalue weighted by Crippen LogP contribution is 1.73. The second-order valence-corrected chi connectivity index (χ2v) is 1.70.